The van der Waals surface area contributed by atoms with Gasteiger partial charge in [0.15, 0.2) is 0 Å². The highest BCUT2D eigenvalue weighted by Gasteiger charge is 1.95. The van der Waals surface area contributed by atoms with Gasteiger partial charge in [-0.3, -0.25) is 0 Å². The molecule has 0 unspecified atom stereocenters. The molecule has 0 radical (unpaired) electrons. The van der Waals surface area contributed by atoms with Crippen LogP contribution in [0.5, 0.6) is 0 Å². The highest BCUT2D eigenvalue weighted by molar-refractivity contribution is 5.06. The van der Waals surface area contributed by atoms with Crippen molar-refractivity contribution in [3.05, 3.63) is 34.9 Å². The fraction of sp³-hybridized carbons (Fsp3) is 0.647. The highest BCUT2D eigenvalue weighted by Crippen LogP contribution is 2.13. The zero-order valence-electron chi connectivity index (χ0n) is 12.9. The van der Waals surface area contributed by atoms with E-state index >= 15 is 0 Å². The summed E-state index contributed by atoms with van der Waals surface area (Å²) in [5.74, 6) is 0.679. The normalized spacial score (nSPS) is 14.5. The highest BCUT2D eigenvalue weighted by atomic mass is 14.5. The number of nitrogens with two attached hydrogens (primary N) is 1. The zero-order chi connectivity index (χ0) is 14.0. The van der Waals surface area contributed by atoms with E-state index in [2.05, 4.69) is 52.8 Å². The second-order valence-electron chi connectivity index (χ2n) is 5.52. The Morgan fingerprint density at radius 2 is 1.39 bits per heavy atom. The van der Waals surface area contributed by atoms with E-state index < -0.39 is 0 Å². The predicted molar refractivity (Wildman–Crippen MR) is 83.6 cm³/mol. The zero-order valence-corrected chi connectivity index (χ0v) is 12.9. The fourth-order valence-electron chi connectivity index (χ4n) is 1.71. The van der Waals surface area contributed by atoms with Crippen LogP contribution in [-0.4, -0.2) is 6.54 Å². The first-order valence-corrected chi connectivity index (χ1v) is 7.15. The van der Waals surface area contributed by atoms with Crippen molar-refractivity contribution in [3.8, 4) is 0 Å². The van der Waals surface area contributed by atoms with Gasteiger partial charge in [0.25, 0.3) is 0 Å². The first-order valence-electron chi connectivity index (χ1n) is 7.15. The van der Waals surface area contributed by atoms with Crippen molar-refractivity contribution in [2.24, 2.45) is 11.7 Å². The van der Waals surface area contributed by atoms with E-state index in [0.29, 0.717) is 12.5 Å². The van der Waals surface area contributed by atoms with Crippen molar-refractivity contribution < 1.29 is 0 Å². The van der Waals surface area contributed by atoms with Crippen molar-refractivity contribution in [2.45, 2.75) is 60.3 Å². The third kappa shape index (κ3) is 9.23. The minimum absolute atomic E-state index is 0.661. The SMILES string of the molecule is CC(=CCN)CCC=C(C)CCC=C(C)C(C)C. The molecule has 0 aromatic heterocycles. The van der Waals surface area contributed by atoms with E-state index in [9.17, 15) is 0 Å². The van der Waals surface area contributed by atoms with E-state index in [-0.39, 0.29) is 0 Å². The molecule has 0 saturated carbocycles. The van der Waals surface area contributed by atoms with Crippen LogP contribution in [-0.2, 0) is 0 Å². The van der Waals surface area contributed by atoms with Crippen molar-refractivity contribution >= 4 is 0 Å². The number of rotatable bonds is 8. The summed E-state index contributed by atoms with van der Waals surface area (Å²) >= 11 is 0. The Morgan fingerprint density at radius 1 is 0.889 bits per heavy atom. The number of hydrogen-bond acceptors (Lipinski definition) is 1. The van der Waals surface area contributed by atoms with Crippen molar-refractivity contribution in [2.75, 3.05) is 6.54 Å². The Kier molecular flexibility index (Phi) is 9.67. The van der Waals surface area contributed by atoms with Gasteiger partial charge >= 0.3 is 0 Å². The maximum Gasteiger partial charge on any atom is 0.0109 e. The molecule has 1 heteroatoms. The molecule has 0 amide bonds. The number of allylic oxidation sites excluding steroid dienone is 5. The van der Waals surface area contributed by atoms with Crippen LogP contribution in [0, 0.1) is 5.92 Å². The maximum atomic E-state index is 5.48. The van der Waals surface area contributed by atoms with E-state index in [1.165, 1.54) is 29.6 Å². The quantitative estimate of drug-likeness (QED) is 0.602. The monoisotopic (exact) mass is 249 g/mol. The van der Waals surface area contributed by atoms with Crippen LogP contribution >= 0.6 is 0 Å². The molecular weight excluding hydrogens is 218 g/mol. The van der Waals surface area contributed by atoms with Gasteiger partial charge in [-0.05, 0) is 52.4 Å². The molecule has 0 aliphatic heterocycles. The van der Waals surface area contributed by atoms with Gasteiger partial charge in [0.05, 0.1) is 0 Å². The first kappa shape index (κ1) is 17.2. The summed E-state index contributed by atoms with van der Waals surface area (Å²) in [5.41, 5.74) is 9.89. The Labute approximate surface area is 114 Å². The van der Waals surface area contributed by atoms with Gasteiger partial charge < -0.3 is 5.73 Å². The van der Waals surface area contributed by atoms with E-state index in [1.54, 1.807) is 0 Å². The van der Waals surface area contributed by atoms with Gasteiger partial charge in [0, 0.05) is 6.54 Å². The van der Waals surface area contributed by atoms with E-state index in [4.69, 9.17) is 5.73 Å². The molecule has 0 aliphatic carbocycles. The van der Waals surface area contributed by atoms with Crippen LogP contribution in [0.25, 0.3) is 0 Å². The number of hydrogen-bond donors (Lipinski definition) is 1. The Bertz CT molecular complexity index is 306. The Morgan fingerprint density at radius 3 is 1.89 bits per heavy atom. The molecule has 18 heavy (non-hydrogen) atoms. The lowest BCUT2D eigenvalue weighted by Gasteiger charge is -2.05. The average molecular weight is 249 g/mol. The topological polar surface area (TPSA) is 26.0 Å². The maximum absolute atomic E-state index is 5.48. The molecule has 0 bridgehead atoms. The van der Waals surface area contributed by atoms with Gasteiger partial charge in [0.1, 0.15) is 0 Å². The summed E-state index contributed by atoms with van der Waals surface area (Å²) in [6.45, 7) is 11.8. The van der Waals surface area contributed by atoms with Crippen LogP contribution in [0.1, 0.15) is 60.3 Å². The van der Waals surface area contributed by atoms with Gasteiger partial charge in [0.2, 0.25) is 0 Å². The Hall–Kier alpha value is -0.820. The lowest BCUT2D eigenvalue weighted by Crippen LogP contribution is -1.94. The van der Waals surface area contributed by atoms with Gasteiger partial charge in [-0.1, -0.05) is 48.8 Å². The van der Waals surface area contributed by atoms with Crippen molar-refractivity contribution in [3.63, 3.8) is 0 Å². The smallest absolute Gasteiger partial charge is 0.0109 e. The van der Waals surface area contributed by atoms with Crippen LogP contribution in [0.15, 0.2) is 34.9 Å². The first-order chi connectivity index (χ1) is 8.47. The van der Waals surface area contributed by atoms with Crippen molar-refractivity contribution in [1.29, 1.82) is 0 Å². The minimum atomic E-state index is 0.661. The van der Waals surface area contributed by atoms with Crippen LogP contribution in [0.2, 0.25) is 0 Å². The summed E-state index contributed by atoms with van der Waals surface area (Å²) in [7, 11) is 0. The van der Waals surface area contributed by atoms with E-state index in [0.717, 1.165) is 12.8 Å². The summed E-state index contributed by atoms with van der Waals surface area (Å²) < 4.78 is 0. The molecule has 0 aliphatic rings. The van der Waals surface area contributed by atoms with Gasteiger partial charge in [-0.25, -0.2) is 0 Å². The third-order valence-corrected chi connectivity index (χ3v) is 3.41. The lowest BCUT2D eigenvalue weighted by atomic mass is 10.0. The summed E-state index contributed by atoms with van der Waals surface area (Å²) in [5, 5.41) is 0. The molecule has 0 fully saturated rings. The largest absolute Gasteiger partial charge is 0.327 e. The molecule has 0 aromatic carbocycles. The molecule has 2 N–H and O–H groups in total. The molecular formula is C17H31N. The van der Waals surface area contributed by atoms with Gasteiger partial charge in [-0.2, -0.15) is 0 Å². The Balaban J connectivity index is 3.92. The standard InChI is InChI=1S/C17H31N/c1-14(2)17(5)11-7-10-15(3)8-6-9-16(4)12-13-18/h8,11-12,14H,6-7,9-10,13,18H2,1-5H3. The van der Waals surface area contributed by atoms with Crippen LogP contribution < -0.4 is 5.73 Å². The van der Waals surface area contributed by atoms with Crippen molar-refractivity contribution in [1.82, 2.24) is 0 Å². The lowest BCUT2D eigenvalue weighted by molar-refractivity contribution is 0.758. The summed E-state index contributed by atoms with van der Waals surface area (Å²) in [6.07, 6.45) is 11.5. The predicted octanol–water partition coefficient (Wildman–Crippen LogP) is 5.00. The molecule has 1 nitrogen and oxygen atoms in total. The molecule has 0 rings (SSSR count). The second kappa shape index (κ2) is 10.1. The van der Waals surface area contributed by atoms with E-state index in [1.807, 2.05) is 0 Å². The summed E-state index contributed by atoms with van der Waals surface area (Å²) in [4.78, 5) is 0. The van der Waals surface area contributed by atoms with Crippen LogP contribution in [0.4, 0.5) is 0 Å². The fourth-order valence-corrected chi connectivity index (χ4v) is 1.71. The molecule has 0 spiro atoms. The average Bonchev–Trinajstić information content (AvgIpc) is 2.29. The molecule has 0 aromatic rings. The molecule has 0 heterocycles. The molecule has 104 valence electrons. The molecule has 0 atom stereocenters. The summed E-state index contributed by atoms with van der Waals surface area (Å²) in [6, 6.07) is 0. The minimum Gasteiger partial charge on any atom is -0.327 e. The third-order valence-electron chi connectivity index (χ3n) is 3.41. The van der Waals surface area contributed by atoms with Gasteiger partial charge in [-0.15, -0.1) is 0 Å². The van der Waals surface area contributed by atoms with Crippen LogP contribution in [0.3, 0.4) is 0 Å². The molecule has 0 saturated heterocycles. The second-order valence-corrected chi connectivity index (χ2v) is 5.52.